The van der Waals surface area contributed by atoms with Crippen LogP contribution in [0.4, 0.5) is 5.69 Å². The summed E-state index contributed by atoms with van der Waals surface area (Å²) in [6.07, 6.45) is 2.61. The SMILES string of the molecule is CC1=C(S(C)=O)Nc2ccccc2C1. The highest BCUT2D eigenvalue weighted by molar-refractivity contribution is 7.88. The van der Waals surface area contributed by atoms with Gasteiger partial charge in [0.2, 0.25) is 0 Å². The van der Waals surface area contributed by atoms with Crippen molar-refractivity contribution in [1.82, 2.24) is 0 Å². The zero-order valence-corrected chi connectivity index (χ0v) is 9.15. The van der Waals surface area contributed by atoms with Gasteiger partial charge < -0.3 is 5.32 Å². The van der Waals surface area contributed by atoms with E-state index in [4.69, 9.17) is 0 Å². The normalized spacial score (nSPS) is 17.3. The second-order valence-electron chi connectivity index (χ2n) is 3.52. The molecule has 0 bridgehead atoms. The third kappa shape index (κ3) is 1.60. The molecule has 2 rings (SSSR count). The summed E-state index contributed by atoms with van der Waals surface area (Å²) in [5, 5.41) is 4.09. The molecule has 0 aliphatic carbocycles. The number of anilines is 1. The van der Waals surface area contributed by atoms with E-state index in [1.54, 1.807) is 6.26 Å². The summed E-state index contributed by atoms with van der Waals surface area (Å²) in [4.78, 5) is 0. The molecule has 74 valence electrons. The Labute approximate surface area is 86.5 Å². The summed E-state index contributed by atoms with van der Waals surface area (Å²) in [6, 6.07) is 8.14. The van der Waals surface area contributed by atoms with E-state index in [2.05, 4.69) is 11.4 Å². The van der Waals surface area contributed by atoms with Crippen LogP contribution in [-0.2, 0) is 17.2 Å². The van der Waals surface area contributed by atoms with Gasteiger partial charge in [-0.3, -0.25) is 4.21 Å². The van der Waals surface area contributed by atoms with Crippen molar-refractivity contribution in [3.63, 3.8) is 0 Å². The van der Waals surface area contributed by atoms with Gasteiger partial charge in [-0.2, -0.15) is 0 Å². The lowest BCUT2D eigenvalue weighted by atomic mass is 10.0. The first-order chi connectivity index (χ1) is 6.68. The number of allylic oxidation sites excluding steroid dienone is 1. The van der Waals surface area contributed by atoms with Gasteiger partial charge in [-0.25, -0.2) is 0 Å². The fourth-order valence-electron chi connectivity index (χ4n) is 1.71. The number of hydrogen-bond acceptors (Lipinski definition) is 2. The summed E-state index contributed by atoms with van der Waals surface area (Å²) >= 11 is 0. The summed E-state index contributed by atoms with van der Waals surface area (Å²) in [6.45, 7) is 2.03. The number of hydrogen-bond donors (Lipinski definition) is 1. The van der Waals surface area contributed by atoms with Crippen molar-refractivity contribution >= 4 is 16.5 Å². The summed E-state index contributed by atoms with van der Waals surface area (Å²) in [5.41, 5.74) is 3.53. The van der Waals surface area contributed by atoms with Crippen LogP contribution in [0.25, 0.3) is 0 Å². The average Bonchev–Trinajstić information content (AvgIpc) is 2.16. The molecule has 0 saturated carbocycles. The Morgan fingerprint density at radius 3 is 2.79 bits per heavy atom. The Bertz CT molecular complexity index is 423. The highest BCUT2D eigenvalue weighted by Crippen LogP contribution is 2.27. The van der Waals surface area contributed by atoms with Crippen LogP contribution in [0.15, 0.2) is 34.9 Å². The van der Waals surface area contributed by atoms with Crippen LogP contribution < -0.4 is 5.32 Å². The number of para-hydroxylation sites is 1. The van der Waals surface area contributed by atoms with Gasteiger partial charge in [0.1, 0.15) is 5.03 Å². The topological polar surface area (TPSA) is 29.1 Å². The van der Waals surface area contributed by atoms with Crippen molar-refractivity contribution in [2.75, 3.05) is 11.6 Å². The Balaban J connectivity index is 2.41. The molecule has 1 aromatic rings. The first-order valence-electron chi connectivity index (χ1n) is 4.56. The van der Waals surface area contributed by atoms with Crippen LogP contribution in [0.5, 0.6) is 0 Å². The highest BCUT2D eigenvalue weighted by Gasteiger charge is 2.15. The van der Waals surface area contributed by atoms with Crippen LogP contribution in [0.1, 0.15) is 12.5 Å². The van der Waals surface area contributed by atoms with Crippen molar-refractivity contribution in [1.29, 1.82) is 0 Å². The fraction of sp³-hybridized carbons (Fsp3) is 0.273. The maximum atomic E-state index is 11.4. The van der Waals surface area contributed by atoms with Gasteiger partial charge in [0.25, 0.3) is 0 Å². The molecule has 3 heteroatoms. The molecule has 0 fully saturated rings. The zero-order chi connectivity index (χ0) is 10.1. The van der Waals surface area contributed by atoms with Crippen molar-refractivity contribution < 1.29 is 4.21 Å². The molecular weight excluding hydrogens is 194 g/mol. The van der Waals surface area contributed by atoms with Crippen molar-refractivity contribution in [3.05, 3.63) is 40.4 Å². The quantitative estimate of drug-likeness (QED) is 0.765. The van der Waals surface area contributed by atoms with E-state index in [-0.39, 0.29) is 0 Å². The number of nitrogens with one attached hydrogen (secondary N) is 1. The van der Waals surface area contributed by atoms with Crippen LogP contribution in [-0.4, -0.2) is 10.5 Å². The summed E-state index contributed by atoms with van der Waals surface area (Å²) < 4.78 is 11.4. The van der Waals surface area contributed by atoms with E-state index in [0.717, 1.165) is 17.1 Å². The van der Waals surface area contributed by atoms with Crippen molar-refractivity contribution in [3.8, 4) is 0 Å². The zero-order valence-electron chi connectivity index (χ0n) is 8.33. The molecule has 1 heterocycles. The minimum Gasteiger partial charge on any atom is -0.348 e. The molecule has 1 atom stereocenters. The molecule has 1 aliphatic heterocycles. The molecule has 0 amide bonds. The van der Waals surface area contributed by atoms with E-state index in [1.165, 1.54) is 11.1 Å². The van der Waals surface area contributed by atoms with Gasteiger partial charge in [-0.15, -0.1) is 0 Å². The summed E-state index contributed by atoms with van der Waals surface area (Å²) in [5.74, 6) is 0. The molecule has 0 saturated heterocycles. The van der Waals surface area contributed by atoms with Crippen molar-refractivity contribution in [2.45, 2.75) is 13.3 Å². The molecule has 0 aromatic heterocycles. The molecule has 1 aliphatic rings. The Morgan fingerprint density at radius 1 is 1.36 bits per heavy atom. The van der Waals surface area contributed by atoms with Gasteiger partial charge in [0.15, 0.2) is 0 Å². The lowest BCUT2D eigenvalue weighted by Crippen LogP contribution is -2.14. The summed E-state index contributed by atoms with van der Waals surface area (Å²) in [7, 11) is -0.921. The van der Waals surface area contributed by atoms with Crippen LogP contribution in [0, 0.1) is 0 Å². The molecule has 0 spiro atoms. The van der Waals surface area contributed by atoms with Gasteiger partial charge in [0, 0.05) is 11.9 Å². The van der Waals surface area contributed by atoms with E-state index in [9.17, 15) is 4.21 Å². The first-order valence-corrected chi connectivity index (χ1v) is 6.12. The minimum atomic E-state index is -0.921. The third-order valence-electron chi connectivity index (χ3n) is 2.40. The van der Waals surface area contributed by atoms with Crippen molar-refractivity contribution in [2.24, 2.45) is 0 Å². The van der Waals surface area contributed by atoms with E-state index in [0.29, 0.717) is 0 Å². The Hall–Kier alpha value is -1.09. The lowest BCUT2D eigenvalue weighted by Gasteiger charge is -2.21. The van der Waals surface area contributed by atoms with Gasteiger partial charge in [-0.05, 0) is 30.5 Å². The first kappa shape index (κ1) is 9.46. The van der Waals surface area contributed by atoms with Gasteiger partial charge >= 0.3 is 0 Å². The molecule has 2 nitrogen and oxygen atoms in total. The molecule has 14 heavy (non-hydrogen) atoms. The number of fused-ring (bicyclic) bond motifs is 1. The van der Waals surface area contributed by atoms with Gasteiger partial charge in [-0.1, -0.05) is 18.2 Å². The average molecular weight is 207 g/mol. The van der Waals surface area contributed by atoms with Crippen LogP contribution in [0.3, 0.4) is 0 Å². The minimum absolute atomic E-state index is 0.865. The monoisotopic (exact) mass is 207 g/mol. The third-order valence-corrected chi connectivity index (χ3v) is 3.42. The lowest BCUT2D eigenvalue weighted by molar-refractivity contribution is 0.690. The van der Waals surface area contributed by atoms with E-state index < -0.39 is 10.8 Å². The second-order valence-corrected chi connectivity index (χ2v) is 4.84. The fourth-order valence-corrected chi connectivity index (χ4v) is 2.53. The molecule has 1 unspecified atom stereocenters. The molecular formula is C11H13NOS. The van der Waals surface area contributed by atoms with E-state index in [1.807, 2.05) is 25.1 Å². The predicted molar refractivity (Wildman–Crippen MR) is 60.5 cm³/mol. The van der Waals surface area contributed by atoms with Crippen LogP contribution in [0.2, 0.25) is 0 Å². The largest absolute Gasteiger partial charge is 0.348 e. The smallest absolute Gasteiger partial charge is 0.103 e. The molecule has 1 aromatic carbocycles. The van der Waals surface area contributed by atoms with Gasteiger partial charge in [0.05, 0.1) is 10.8 Å². The molecule has 1 N–H and O–H groups in total. The maximum Gasteiger partial charge on any atom is 0.103 e. The second kappa shape index (κ2) is 3.58. The Kier molecular flexibility index (Phi) is 2.42. The predicted octanol–water partition coefficient (Wildman–Crippen LogP) is 2.26. The standard InChI is InChI=1S/C11H13NOS/c1-8-7-9-5-3-4-6-10(9)12-11(8)14(2)13/h3-6,12H,7H2,1-2H3. The number of benzene rings is 1. The van der Waals surface area contributed by atoms with E-state index >= 15 is 0 Å². The van der Waals surface area contributed by atoms with Crippen LogP contribution >= 0.6 is 0 Å². The molecule has 0 radical (unpaired) electrons. The number of rotatable bonds is 1. The highest BCUT2D eigenvalue weighted by atomic mass is 32.2. The Morgan fingerprint density at radius 2 is 2.07 bits per heavy atom. The maximum absolute atomic E-state index is 11.4.